The van der Waals surface area contributed by atoms with E-state index in [1.54, 1.807) is 0 Å². The Hall–Kier alpha value is -0.0900. The summed E-state index contributed by atoms with van der Waals surface area (Å²) in [7, 11) is -4.46. The molecule has 1 saturated heterocycles. The van der Waals surface area contributed by atoms with E-state index in [-0.39, 0.29) is 0 Å². The number of ether oxygens (including phenoxy) is 1. The van der Waals surface area contributed by atoms with Gasteiger partial charge in [0.1, 0.15) is 24.4 Å². The zero-order chi connectivity index (χ0) is 26.8. The van der Waals surface area contributed by atoms with E-state index in [0.29, 0.717) is 12.8 Å². The van der Waals surface area contributed by atoms with Gasteiger partial charge in [-0.2, -0.15) is 0 Å². The third kappa shape index (κ3) is 14.7. The number of rotatable bonds is 22. The summed E-state index contributed by atoms with van der Waals surface area (Å²) in [4.78, 5) is 10.3. The molecule has 2 unspecified atom stereocenters. The minimum Gasteiger partial charge on any atom is -0.387 e. The molecule has 0 bridgehead atoms. The first-order valence-corrected chi connectivity index (χ1v) is 15.7. The van der Waals surface area contributed by atoms with Crippen LogP contribution >= 0.6 is 7.82 Å². The van der Waals surface area contributed by atoms with Gasteiger partial charge in [-0.05, 0) is 12.8 Å². The quantitative estimate of drug-likeness (QED) is 0.0950. The lowest BCUT2D eigenvalue weighted by atomic mass is 10.00. The molecule has 0 amide bonds. The van der Waals surface area contributed by atoms with Crippen molar-refractivity contribution >= 4 is 7.82 Å². The van der Waals surface area contributed by atoms with Crippen LogP contribution in [-0.2, 0) is 18.3 Å². The highest BCUT2D eigenvalue weighted by Gasteiger charge is 2.44. The van der Waals surface area contributed by atoms with Gasteiger partial charge in [-0.15, -0.1) is 0 Å². The van der Waals surface area contributed by atoms with Crippen molar-refractivity contribution in [2.75, 3.05) is 6.61 Å². The number of phosphoric acid groups is 1. The summed E-state index contributed by atoms with van der Waals surface area (Å²) in [5.74, 6) is 0. The molecule has 0 radical (unpaired) electrons. The fourth-order valence-corrected chi connectivity index (χ4v) is 5.52. The van der Waals surface area contributed by atoms with E-state index in [2.05, 4.69) is 13.8 Å². The molecule has 216 valence electrons. The summed E-state index contributed by atoms with van der Waals surface area (Å²) in [5.41, 5.74) is 0. The topological polar surface area (TPSA) is 146 Å². The minimum atomic E-state index is -4.46. The van der Waals surface area contributed by atoms with Crippen molar-refractivity contribution in [1.29, 1.82) is 0 Å². The van der Waals surface area contributed by atoms with Crippen molar-refractivity contribution in [2.24, 2.45) is 0 Å². The molecule has 10 heteroatoms. The van der Waals surface area contributed by atoms with Gasteiger partial charge in [0.2, 0.25) is 0 Å². The number of hydrogen-bond acceptors (Lipinski definition) is 8. The SMILES string of the molecule is CCCCCCCCCCC(CCCCCCCCC)OP(=O)(O)OC[C@H]1O[C@@H](O)[C@@H](O)[C@@H](O)[C@@H]1O. The maximum Gasteiger partial charge on any atom is 0.472 e. The van der Waals surface area contributed by atoms with Crippen LogP contribution in [0, 0.1) is 0 Å². The second kappa shape index (κ2) is 19.9. The zero-order valence-electron chi connectivity index (χ0n) is 22.5. The standard InChI is InChI=1S/C26H53O9P/c1-3-5-7-9-11-13-15-17-19-21(18-16-14-12-10-8-6-4-2)35-36(31,32)33-20-22-23(27)24(28)25(29)26(30)34-22/h21-30H,3-20H2,1-2H3,(H,31,32)/t21?,22-,23-,24+,25+,26-/m1/s1. The number of phosphoric ester groups is 1. The molecular weight excluding hydrogens is 487 g/mol. The third-order valence-electron chi connectivity index (χ3n) is 6.88. The van der Waals surface area contributed by atoms with Crippen LogP contribution in [0.5, 0.6) is 0 Å². The van der Waals surface area contributed by atoms with E-state index >= 15 is 0 Å². The normalized spacial score (nSPS) is 27.1. The fraction of sp³-hybridized carbons (Fsp3) is 1.00. The molecule has 0 aromatic carbocycles. The maximum absolute atomic E-state index is 12.6. The lowest BCUT2D eigenvalue weighted by Crippen LogP contribution is -2.58. The van der Waals surface area contributed by atoms with Gasteiger partial charge in [0, 0.05) is 0 Å². The highest BCUT2D eigenvalue weighted by molar-refractivity contribution is 7.47. The molecular formula is C26H53O9P. The Labute approximate surface area is 218 Å². The Morgan fingerprint density at radius 2 is 1.14 bits per heavy atom. The van der Waals surface area contributed by atoms with Crippen molar-refractivity contribution in [3.63, 3.8) is 0 Å². The van der Waals surface area contributed by atoms with Gasteiger partial charge in [0.15, 0.2) is 6.29 Å². The monoisotopic (exact) mass is 540 g/mol. The van der Waals surface area contributed by atoms with Crippen molar-refractivity contribution in [1.82, 2.24) is 0 Å². The summed E-state index contributed by atoms with van der Waals surface area (Å²) in [5, 5.41) is 39.0. The Morgan fingerprint density at radius 3 is 1.61 bits per heavy atom. The molecule has 0 aromatic heterocycles. The second-order valence-electron chi connectivity index (χ2n) is 10.2. The van der Waals surface area contributed by atoms with E-state index in [1.165, 1.54) is 57.8 Å². The van der Waals surface area contributed by atoms with E-state index in [1.807, 2.05) is 0 Å². The molecule has 1 rings (SSSR count). The molecule has 0 spiro atoms. The molecule has 5 N–H and O–H groups in total. The van der Waals surface area contributed by atoms with E-state index in [0.717, 1.165) is 38.5 Å². The minimum absolute atomic E-state index is 0.410. The van der Waals surface area contributed by atoms with Gasteiger partial charge in [0.05, 0.1) is 12.7 Å². The van der Waals surface area contributed by atoms with Crippen LogP contribution in [0.2, 0.25) is 0 Å². The molecule has 1 fully saturated rings. The lowest BCUT2D eigenvalue weighted by Gasteiger charge is -2.38. The molecule has 1 aliphatic heterocycles. The second-order valence-corrected chi connectivity index (χ2v) is 11.6. The Balaban J connectivity index is 2.48. The first-order chi connectivity index (χ1) is 17.2. The number of hydrogen-bond donors (Lipinski definition) is 5. The molecule has 0 aliphatic carbocycles. The van der Waals surface area contributed by atoms with Crippen molar-refractivity contribution in [3.05, 3.63) is 0 Å². The molecule has 1 heterocycles. The first kappa shape index (κ1) is 33.9. The van der Waals surface area contributed by atoms with Crippen LogP contribution < -0.4 is 0 Å². The van der Waals surface area contributed by atoms with Gasteiger partial charge < -0.3 is 30.1 Å². The third-order valence-corrected chi connectivity index (χ3v) is 7.92. The number of unbranched alkanes of at least 4 members (excludes halogenated alkanes) is 13. The number of aliphatic hydroxyl groups excluding tert-OH is 4. The van der Waals surface area contributed by atoms with Crippen LogP contribution in [0.4, 0.5) is 0 Å². The summed E-state index contributed by atoms with van der Waals surface area (Å²) in [6.45, 7) is 3.82. The first-order valence-electron chi connectivity index (χ1n) is 14.2. The highest BCUT2D eigenvalue weighted by Crippen LogP contribution is 2.46. The van der Waals surface area contributed by atoms with E-state index in [9.17, 15) is 29.9 Å². The van der Waals surface area contributed by atoms with E-state index < -0.39 is 51.2 Å². The van der Waals surface area contributed by atoms with Crippen molar-refractivity contribution in [3.8, 4) is 0 Å². The molecule has 36 heavy (non-hydrogen) atoms. The van der Waals surface area contributed by atoms with Crippen LogP contribution in [-0.4, -0.2) is 68.7 Å². The van der Waals surface area contributed by atoms with Gasteiger partial charge in [0.25, 0.3) is 0 Å². The summed E-state index contributed by atoms with van der Waals surface area (Å²) in [6, 6.07) is 0. The average Bonchev–Trinajstić information content (AvgIpc) is 2.84. The Bertz CT molecular complexity index is 580. The fourth-order valence-electron chi connectivity index (χ4n) is 4.54. The molecule has 9 nitrogen and oxygen atoms in total. The van der Waals surface area contributed by atoms with Crippen LogP contribution in [0.3, 0.4) is 0 Å². The average molecular weight is 541 g/mol. The van der Waals surface area contributed by atoms with Crippen molar-refractivity contribution < 1.29 is 43.7 Å². The molecule has 7 atom stereocenters. The largest absolute Gasteiger partial charge is 0.472 e. The van der Waals surface area contributed by atoms with Crippen molar-refractivity contribution in [2.45, 2.75) is 160 Å². The van der Waals surface area contributed by atoms with Gasteiger partial charge in [-0.25, -0.2) is 4.57 Å². The molecule has 0 aromatic rings. The smallest absolute Gasteiger partial charge is 0.387 e. The predicted molar refractivity (Wildman–Crippen MR) is 139 cm³/mol. The zero-order valence-corrected chi connectivity index (χ0v) is 23.4. The van der Waals surface area contributed by atoms with Gasteiger partial charge in [-0.1, -0.05) is 110 Å². The summed E-state index contributed by atoms with van der Waals surface area (Å²) < 4.78 is 28.2. The Morgan fingerprint density at radius 1 is 0.694 bits per heavy atom. The Kier molecular flexibility index (Phi) is 18.8. The number of aliphatic hydroxyl groups is 4. The van der Waals surface area contributed by atoms with Gasteiger partial charge in [-0.3, -0.25) is 9.05 Å². The lowest BCUT2D eigenvalue weighted by molar-refractivity contribution is -0.285. The predicted octanol–water partition coefficient (Wildman–Crippen LogP) is 4.96. The summed E-state index contributed by atoms with van der Waals surface area (Å²) in [6.07, 6.45) is 10.4. The maximum atomic E-state index is 12.6. The van der Waals surface area contributed by atoms with Crippen LogP contribution in [0.15, 0.2) is 0 Å². The molecule has 1 aliphatic rings. The van der Waals surface area contributed by atoms with Gasteiger partial charge >= 0.3 is 7.82 Å². The van der Waals surface area contributed by atoms with Crippen LogP contribution in [0.1, 0.15) is 123 Å². The van der Waals surface area contributed by atoms with E-state index in [4.69, 9.17) is 13.8 Å². The molecule has 0 saturated carbocycles. The van der Waals surface area contributed by atoms with Crippen LogP contribution in [0.25, 0.3) is 0 Å². The highest BCUT2D eigenvalue weighted by atomic mass is 31.2. The summed E-state index contributed by atoms with van der Waals surface area (Å²) >= 11 is 0.